The number of carbonyl (C=O) groups is 1. The highest BCUT2D eigenvalue weighted by Crippen LogP contribution is 2.02. The third kappa shape index (κ3) is 9.30. The van der Waals surface area contributed by atoms with Gasteiger partial charge in [-0.1, -0.05) is 0 Å². The van der Waals surface area contributed by atoms with Crippen molar-refractivity contribution in [3.05, 3.63) is 0 Å². The maximum Gasteiger partial charge on any atom is 0.236 e. The molecule has 0 saturated carbocycles. The molecule has 0 bridgehead atoms. The van der Waals surface area contributed by atoms with Crippen LogP contribution < -0.4 is 10.8 Å². The van der Waals surface area contributed by atoms with Crippen molar-refractivity contribution in [2.75, 3.05) is 6.54 Å². The zero-order valence-electron chi connectivity index (χ0n) is 9.10. The van der Waals surface area contributed by atoms with Gasteiger partial charge in [0, 0.05) is 6.04 Å². The smallest absolute Gasteiger partial charge is 0.236 e. The lowest BCUT2D eigenvalue weighted by Gasteiger charge is -2.19. The fourth-order valence-electron chi connectivity index (χ4n) is 0.691. The Morgan fingerprint density at radius 1 is 1.38 bits per heavy atom. The monoisotopic (exact) mass is 188 g/mol. The van der Waals surface area contributed by atoms with Gasteiger partial charge in [-0.15, -0.1) is 0 Å². The standard InChI is InChI=1S/C9H20N2O2/c1-7(2)11-8(12)6-10-13-9(3,4)5/h7,10H,6H2,1-5H3,(H,11,12). The van der Waals surface area contributed by atoms with Crippen molar-refractivity contribution >= 4 is 5.91 Å². The third-order valence-electron chi connectivity index (χ3n) is 1.06. The lowest BCUT2D eigenvalue weighted by molar-refractivity contribution is -0.127. The lowest BCUT2D eigenvalue weighted by atomic mass is 10.2. The molecule has 0 spiro atoms. The molecule has 0 atom stereocenters. The molecule has 0 aromatic heterocycles. The first-order valence-electron chi connectivity index (χ1n) is 4.51. The maximum absolute atomic E-state index is 11.1. The molecule has 0 aliphatic carbocycles. The number of hydrogen-bond donors (Lipinski definition) is 2. The summed E-state index contributed by atoms with van der Waals surface area (Å²) in [5, 5.41) is 2.75. The fourth-order valence-corrected chi connectivity index (χ4v) is 0.691. The predicted molar refractivity (Wildman–Crippen MR) is 52.1 cm³/mol. The van der Waals surface area contributed by atoms with Gasteiger partial charge in [-0.3, -0.25) is 9.63 Å². The zero-order valence-corrected chi connectivity index (χ0v) is 9.10. The minimum Gasteiger partial charge on any atom is -0.353 e. The van der Waals surface area contributed by atoms with Crippen LogP contribution >= 0.6 is 0 Å². The van der Waals surface area contributed by atoms with Crippen molar-refractivity contribution < 1.29 is 9.63 Å². The van der Waals surface area contributed by atoms with E-state index in [9.17, 15) is 4.79 Å². The van der Waals surface area contributed by atoms with E-state index in [1.165, 1.54) is 0 Å². The molecule has 13 heavy (non-hydrogen) atoms. The van der Waals surface area contributed by atoms with Gasteiger partial charge in [-0.25, -0.2) is 0 Å². The highest BCUT2D eigenvalue weighted by molar-refractivity contribution is 5.78. The summed E-state index contributed by atoms with van der Waals surface area (Å²) in [7, 11) is 0. The molecule has 4 heteroatoms. The molecular weight excluding hydrogens is 168 g/mol. The Balaban J connectivity index is 3.49. The first kappa shape index (κ1) is 12.4. The van der Waals surface area contributed by atoms with Crippen LogP contribution in [0.5, 0.6) is 0 Å². The number of hydroxylamine groups is 1. The SMILES string of the molecule is CC(C)NC(=O)CNOC(C)(C)C. The quantitative estimate of drug-likeness (QED) is 0.642. The second-order valence-corrected chi connectivity index (χ2v) is 4.26. The Hall–Kier alpha value is -0.610. The molecule has 0 unspecified atom stereocenters. The van der Waals surface area contributed by atoms with Gasteiger partial charge < -0.3 is 5.32 Å². The van der Waals surface area contributed by atoms with Crippen LogP contribution in [0.25, 0.3) is 0 Å². The van der Waals surface area contributed by atoms with E-state index in [2.05, 4.69) is 10.8 Å². The molecule has 0 fully saturated rings. The molecule has 0 heterocycles. The van der Waals surface area contributed by atoms with Crippen LogP contribution in [-0.2, 0) is 9.63 Å². The van der Waals surface area contributed by atoms with Crippen molar-refractivity contribution in [2.24, 2.45) is 0 Å². The number of nitrogens with one attached hydrogen (secondary N) is 2. The molecule has 0 saturated heterocycles. The summed E-state index contributed by atoms with van der Waals surface area (Å²) in [6.07, 6.45) is 0. The van der Waals surface area contributed by atoms with Crippen LogP contribution in [0.2, 0.25) is 0 Å². The van der Waals surface area contributed by atoms with Gasteiger partial charge in [0.05, 0.1) is 12.1 Å². The molecule has 0 aromatic rings. The summed E-state index contributed by atoms with van der Waals surface area (Å²) >= 11 is 0. The predicted octanol–water partition coefficient (Wildman–Crippen LogP) is 0.831. The van der Waals surface area contributed by atoms with Crippen LogP contribution in [0.4, 0.5) is 0 Å². The largest absolute Gasteiger partial charge is 0.353 e. The highest BCUT2D eigenvalue weighted by atomic mass is 16.7. The average Bonchev–Trinajstić information content (AvgIpc) is 1.81. The van der Waals surface area contributed by atoms with Gasteiger partial charge >= 0.3 is 0 Å². The molecule has 0 radical (unpaired) electrons. The van der Waals surface area contributed by atoms with Gasteiger partial charge in [0.25, 0.3) is 0 Å². The molecule has 0 rings (SSSR count). The molecule has 78 valence electrons. The Morgan fingerprint density at radius 2 is 1.92 bits per heavy atom. The zero-order chi connectivity index (χ0) is 10.5. The van der Waals surface area contributed by atoms with Gasteiger partial charge in [-0.2, -0.15) is 5.48 Å². The molecule has 4 nitrogen and oxygen atoms in total. The van der Waals surface area contributed by atoms with Crippen LogP contribution in [-0.4, -0.2) is 24.1 Å². The molecule has 2 N–H and O–H groups in total. The van der Waals surface area contributed by atoms with E-state index in [1.807, 2.05) is 34.6 Å². The average molecular weight is 188 g/mol. The Bertz CT molecular complexity index is 161. The van der Waals surface area contributed by atoms with Gasteiger partial charge in [0.2, 0.25) is 5.91 Å². The van der Waals surface area contributed by atoms with E-state index in [0.29, 0.717) is 0 Å². The van der Waals surface area contributed by atoms with Crippen LogP contribution in [0.1, 0.15) is 34.6 Å². The van der Waals surface area contributed by atoms with Gasteiger partial charge in [-0.05, 0) is 34.6 Å². The molecular formula is C9H20N2O2. The van der Waals surface area contributed by atoms with Crippen molar-refractivity contribution in [1.82, 2.24) is 10.8 Å². The van der Waals surface area contributed by atoms with E-state index >= 15 is 0 Å². The van der Waals surface area contributed by atoms with E-state index in [1.54, 1.807) is 0 Å². The highest BCUT2D eigenvalue weighted by Gasteiger charge is 2.11. The van der Waals surface area contributed by atoms with Crippen LogP contribution in [0.3, 0.4) is 0 Å². The third-order valence-corrected chi connectivity index (χ3v) is 1.06. The second-order valence-electron chi connectivity index (χ2n) is 4.26. The topological polar surface area (TPSA) is 50.4 Å². The number of rotatable bonds is 4. The first-order valence-corrected chi connectivity index (χ1v) is 4.51. The lowest BCUT2D eigenvalue weighted by Crippen LogP contribution is -2.40. The van der Waals surface area contributed by atoms with E-state index in [0.717, 1.165) is 0 Å². The second kappa shape index (κ2) is 5.19. The first-order chi connectivity index (χ1) is 5.81. The van der Waals surface area contributed by atoms with Crippen LogP contribution in [0, 0.1) is 0 Å². The van der Waals surface area contributed by atoms with Gasteiger partial charge in [0.1, 0.15) is 0 Å². The Morgan fingerprint density at radius 3 is 2.31 bits per heavy atom. The Kier molecular flexibility index (Phi) is 4.95. The van der Waals surface area contributed by atoms with Crippen molar-refractivity contribution in [3.63, 3.8) is 0 Å². The normalized spacial score (nSPS) is 11.8. The fraction of sp³-hybridized carbons (Fsp3) is 0.889. The van der Waals surface area contributed by atoms with Crippen molar-refractivity contribution in [3.8, 4) is 0 Å². The summed E-state index contributed by atoms with van der Waals surface area (Å²) in [5.74, 6) is -0.0562. The molecule has 0 aliphatic rings. The minimum atomic E-state index is -0.266. The summed E-state index contributed by atoms with van der Waals surface area (Å²) in [4.78, 5) is 16.3. The summed E-state index contributed by atoms with van der Waals surface area (Å²) in [5.41, 5.74) is 2.35. The van der Waals surface area contributed by atoms with Gasteiger partial charge in [0.15, 0.2) is 0 Å². The van der Waals surface area contributed by atoms with Crippen molar-refractivity contribution in [2.45, 2.75) is 46.3 Å². The summed E-state index contributed by atoms with van der Waals surface area (Å²) in [6, 6.07) is 0.170. The summed E-state index contributed by atoms with van der Waals surface area (Å²) < 4.78 is 0. The maximum atomic E-state index is 11.1. The number of amides is 1. The van der Waals surface area contributed by atoms with E-state index in [4.69, 9.17) is 4.84 Å². The van der Waals surface area contributed by atoms with Crippen LogP contribution in [0.15, 0.2) is 0 Å². The number of carbonyl (C=O) groups excluding carboxylic acids is 1. The molecule has 0 aliphatic heterocycles. The minimum absolute atomic E-state index is 0.0562. The molecule has 0 aromatic carbocycles. The van der Waals surface area contributed by atoms with E-state index < -0.39 is 0 Å². The summed E-state index contributed by atoms with van der Waals surface area (Å²) in [6.45, 7) is 9.78. The Labute approximate surface area is 80.0 Å². The molecule has 1 amide bonds. The number of hydrogen-bond acceptors (Lipinski definition) is 3. The van der Waals surface area contributed by atoms with E-state index in [-0.39, 0.29) is 24.1 Å². The van der Waals surface area contributed by atoms with Crippen molar-refractivity contribution in [1.29, 1.82) is 0 Å².